The van der Waals surface area contributed by atoms with Gasteiger partial charge in [-0.25, -0.2) is 4.79 Å². The average molecular weight is 417 g/mol. The Morgan fingerprint density at radius 3 is 2.67 bits per heavy atom. The van der Waals surface area contributed by atoms with Gasteiger partial charge in [0.25, 0.3) is 11.6 Å². The molecule has 0 bridgehead atoms. The van der Waals surface area contributed by atoms with Crippen molar-refractivity contribution in [3.05, 3.63) is 45.6 Å². The summed E-state index contributed by atoms with van der Waals surface area (Å²) in [5.41, 5.74) is 1.29. The first-order valence-corrected chi connectivity index (χ1v) is 10.3. The van der Waals surface area contributed by atoms with Crippen molar-refractivity contribution in [3.8, 4) is 0 Å². The molecule has 9 nitrogen and oxygen atoms in total. The van der Waals surface area contributed by atoms with Crippen molar-refractivity contribution in [2.24, 2.45) is 0 Å². The Hall–Kier alpha value is -2.94. The topological polar surface area (TPSA) is 102 Å². The monoisotopic (exact) mass is 417 g/mol. The average Bonchev–Trinajstić information content (AvgIpc) is 2.78. The van der Waals surface area contributed by atoms with E-state index in [2.05, 4.69) is 6.08 Å². The lowest BCUT2D eigenvalue weighted by molar-refractivity contribution is -0.384. The number of anilines is 1. The van der Waals surface area contributed by atoms with Crippen LogP contribution in [0.1, 0.15) is 43.0 Å². The second-order valence-electron chi connectivity index (χ2n) is 7.22. The minimum atomic E-state index is -0.756. The quantitative estimate of drug-likeness (QED) is 0.382. The van der Waals surface area contributed by atoms with Gasteiger partial charge in [0.15, 0.2) is 6.61 Å². The van der Waals surface area contributed by atoms with E-state index in [0.717, 1.165) is 31.4 Å². The van der Waals surface area contributed by atoms with E-state index in [1.54, 1.807) is 11.0 Å². The van der Waals surface area contributed by atoms with Crippen LogP contribution < -0.4 is 4.90 Å². The Morgan fingerprint density at radius 1 is 1.27 bits per heavy atom. The van der Waals surface area contributed by atoms with Crippen molar-refractivity contribution in [2.45, 2.75) is 32.6 Å². The number of nitrogens with zero attached hydrogens (tertiary/aromatic N) is 3. The molecule has 1 amide bonds. The first-order valence-electron chi connectivity index (χ1n) is 10.3. The molecule has 0 radical (unpaired) electrons. The third-order valence-corrected chi connectivity index (χ3v) is 5.32. The number of morpholine rings is 1. The molecular weight excluding hydrogens is 390 g/mol. The molecule has 2 aliphatic rings. The Balaban J connectivity index is 1.67. The molecule has 0 unspecified atom stereocenters. The summed E-state index contributed by atoms with van der Waals surface area (Å²) in [7, 11) is 0. The Morgan fingerprint density at radius 2 is 2.03 bits per heavy atom. The van der Waals surface area contributed by atoms with Crippen LogP contribution in [0.2, 0.25) is 0 Å². The Bertz CT molecular complexity index is 832. The summed E-state index contributed by atoms with van der Waals surface area (Å²) >= 11 is 0. The summed E-state index contributed by atoms with van der Waals surface area (Å²) < 4.78 is 10.5. The fourth-order valence-electron chi connectivity index (χ4n) is 3.76. The van der Waals surface area contributed by atoms with Gasteiger partial charge in [-0.1, -0.05) is 6.08 Å². The van der Waals surface area contributed by atoms with Gasteiger partial charge in [0.1, 0.15) is 5.69 Å². The highest BCUT2D eigenvalue weighted by Gasteiger charge is 2.25. The number of esters is 1. The highest BCUT2D eigenvalue weighted by molar-refractivity contribution is 5.93. The van der Waals surface area contributed by atoms with Gasteiger partial charge in [-0.15, -0.1) is 0 Å². The van der Waals surface area contributed by atoms with E-state index in [1.807, 2.05) is 11.8 Å². The zero-order valence-corrected chi connectivity index (χ0v) is 17.2. The standard InChI is InChI=1S/C21H27N3O6/c1-2-23(17-6-4-3-5-7-17)20(25)15-30-21(26)16-8-9-18(19(14-16)24(27)28)22-10-12-29-13-11-22/h6,8-9,14H,2-5,7,10-13,15H2,1H3. The van der Waals surface area contributed by atoms with E-state index in [9.17, 15) is 19.7 Å². The maximum absolute atomic E-state index is 12.5. The molecular formula is C21H27N3O6. The van der Waals surface area contributed by atoms with E-state index in [0.29, 0.717) is 38.5 Å². The van der Waals surface area contributed by atoms with Gasteiger partial charge < -0.3 is 19.3 Å². The van der Waals surface area contributed by atoms with Gasteiger partial charge in [-0.05, 0) is 44.7 Å². The number of nitro groups is 1. The van der Waals surface area contributed by atoms with E-state index in [4.69, 9.17) is 9.47 Å². The second-order valence-corrected chi connectivity index (χ2v) is 7.22. The van der Waals surface area contributed by atoms with E-state index < -0.39 is 17.5 Å². The highest BCUT2D eigenvalue weighted by atomic mass is 16.6. The summed E-state index contributed by atoms with van der Waals surface area (Å²) in [6.45, 7) is 4.05. The number of nitro benzene ring substituents is 1. The van der Waals surface area contributed by atoms with Gasteiger partial charge in [-0.3, -0.25) is 14.9 Å². The Labute approximate surface area is 175 Å². The number of amides is 1. The van der Waals surface area contributed by atoms with Gasteiger partial charge in [0.2, 0.25) is 0 Å². The molecule has 0 aromatic heterocycles. The molecule has 1 saturated heterocycles. The second kappa shape index (κ2) is 10.2. The molecule has 1 aromatic carbocycles. The predicted molar refractivity (Wildman–Crippen MR) is 110 cm³/mol. The molecule has 9 heteroatoms. The fraction of sp³-hybridized carbons (Fsp3) is 0.524. The molecule has 1 aliphatic carbocycles. The number of carbonyl (C=O) groups is 2. The lowest BCUT2D eigenvalue weighted by Gasteiger charge is -2.28. The summed E-state index contributed by atoms with van der Waals surface area (Å²) in [6, 6.07) is 4.25. The highest BCUT2D eigenvalue weighted by Crippen LogP contribution is 2.30. The maximum Gasteiger partial charge on any atom is 0.338 e. The zero-order valence-electron chi connectivity index (χ0n) is 17.2. The largest absolute Gasteiger partial charge is 0.452 e. The first-order chi connectivity index (χ1) is 14.5. The van der Waals surface area contributed by atoms with Crippen molar-refractivity contribution in [3.63, 3.8) is 0 Å². The molecule has 1 aromatic rings. The van der Waals surface area contributed by atoms with Crippen molar-refractivity contribution < 1.29 is 24.0 Å². The van der Waals surface area contributed by atoms with Crippen LogP contribution in [0.25, 0.3) is 0 Å². The Kier molecular flexibility index (Phi) is 7.40. The molecule has 30 heavy (non-hydrogen) atoms. The molecule has 1 fully saturated rings. The van der Waals surface area contributed by atoms with Crippen LogP contribution in [0.5, 0.6) is 0 Å². The van der Waals surface area contributed by atoms with Crippen molar-refractivity contribution in [1.82, 2.24) is 4.90 Å². The number of carbonyl (C=O) groups excluding carboxylic acids is 2. The lowest BCUT2D eigenvalue weighted by atomic mass is 10.0. The molecule has 0 saturated carbocycles. The number of hydrogen-bond donors (Lipinski definition) is 0. The van der Waals surface area contributed by atoms with Crippen LogP contribution in [-0.2, 0) is 14.3 Å². The molecule has 3 rings (SSSR count). The number of allylic oxidation sites excluding steroid dienone is 2. The molecule has 0 atom stereocenters. The first kappa shape index (κ1) is 21.8. The molecule has 1 heterocycles. The number of rotatable bonds is 7. The summed E-state index contributed by atoms with van der Waals surface area (Å²) in [4.78, 5) is 39.5. The smallest absolute Gasteiger partial charge is 0.338 e. The molecule has 162 valence electrons. The lowest BCUT2D eigenvalue weighted by Crippen LogP contribution is -2.36. The van der Waals surface area contributed by atoms with Crippen LogP contribution in [0.3, 0.4) is 0 Å². The van der Waals surface area contributed by atoms with Gasteiger partial charge in [0, 0.05) is 31.4 Å². The normalized spacial score (nSPS) is 16.6. The number of benzene rings is 1. The fourth-order valence-corrected chi connectivity index (χ4v) is 3.76. The molecule has 0 N–H and O–H groups in total. The minimum Gasteiger partial charge on any atom is -0.452 e. The van der Waals surface area contributed by atoms with Gasteiger partial charge in [-0.2, -0.15) is 0 Å². The third-order valence-electron chi connectivity index (χ3n) is 5.32. The van der Waals surface area contributed by atoms with Gasteiger partial charge >= 0.3 is 5.97 Å². The number of ether oxygens (including phenoxy) is 2. The number of hydrogen-bond acceptors (Lipinski definition) is 7. The van der Waals surface area contributed by atoms with Crippen LogP contribution >= 0.6 is 0 Å². The predicted octanol–water partition coefficient (Wildman–Crippen LogP) is 2.89. The van der Waals surface area contributed by atoms with Crippen molar-refractivity contribution in [2.75, 3.05) is 44.4 Å². The SMILES string of the molecule is CCN(C(=O)COC(=O)c1ccc(N2CCOCC2)c([N+](=O)[O-])c1)C1=CCCCC1. The molecule has 1 aliphatic heterocycles. The van der Waals surface area contributed by atoms with Crippen LogP contribution in [0.15, 0.2) is 30.0 Å². The van der Waals surface area contributed by atoms with Gasteiger partial charge in [0.05, 0.1) is 23.7 Å². The van der Waals surface area contributed by atoms with Crippen LogP contribution in [0.4, 0.5) is 11.4 Å². The van der Waals surface area contributed by atoms with Crippen molar-refractivity contribution >= 4 is 23.3 Å². The van der Waals surface area contributed by atoms with E-state index in [1.165, 1.54) is 12.1 Å². The summed E-state index contributed by atoms with van der Waals surface area (Å²) in [6.07, 6.45) is 5.99. The maximum atomic E-state index is 12.5. The van der Waals surface area contributed by atoms with Crippen molar-refractivity contribution in [1.29, 1.82) is 0 Å². The zero-order chi connectivity index (χ0) is 21.5. The number of likely N-dealkylation sites (N-methyl/N-ethyl adjacent to an activating group) is 1. The molecule has 0 spiro atoms. The van der Waals surface area contributed by atoms with Crippen LogP contribution in [-0.4, -0.2) is 61.2 Å². The van der Waals surface area contributed by atoms with E-state index >= 15 is 0 Å². The third kappa shape index (κ3) is 5.15. The minimum absolute atomic E-state index is 0.0476. The summed E-state index contributed by atoms with van der Waals surface area (Å²) in [5, 5.41) is 11.5. The van der Waals surface area contributed by atoms with E-state index in [-0.39, 0.29) is 17.2 Å². The van der Waals surface area contributed by atoms with Crippen LogP contribution in [0, 0.1) is 10.1 Å². The summed E-state index contributed by atoms with van der Waals surface area (Å²) in [5.74, 6) is -1.05.